The summed E-state index contributed by atoms with van der Waals surface area (Å²) in [7, 11) is 3.49. The van der Waals surface area contributed by atoms with E-state index in [9.17, 15) is 0 Å². The van der Waals surface area contributed by atoms with Crippen molar-refractivity contribution in [2.75, 3.05) is 45.4 Å². The summed E-state index contributed by atoms with van der Waals surface area (Å²) in [5.74, 6) is 2.72. The molecule has 2 N–H and O–H groups in total. The highest BCUT2D eigenvalue weighted by Gasteiger charge is 2.13. The minimum Gasteiger partial charge on any atom is -0.493 e. The van der Waals surface area contributed by atoms with Gasteiger partial charge in [0.2, 0.25) is 0 Å². The lowest BCUT2D eigenvalue weighted by Crippen LogP contribution is -2.36. The van der Waals surface area contributed by atoms with Crippen molar-refractivity contribution in [3.63, 3.8) is 0 Å². The third-order valence-electron chi connectivity index (χ3n) is 5.34. The van der Waals surface area contributed by atoms with E-state index in [1.807, 2.05) is 6.20 Å². The van der Waals surface area contributed by atoms with Gasteiger partial charge in [-0.15, -0.1) is 0 Å². The van der Waals surface area contributed by atoms with Gasteiger partial charge in [-0.3, -0.25) is 4.99 Å². The topological polar surface area (TPSA) is 71.0 Å². The average molecular weight is 426 g/mol. The van der Waals surface area contributed by atoms with Gasteiger partial charge in [0, 0.05) is 65.1 Å². The Morgan fingerprint density at radius 3 is 2.61 bits per heavy atom. The van der Waals surface area contributed by atoms with Crippen molar-refractivity contribution in [2.24, 2.45) is 4.99 Å². The minimum atomic E-state index is 0.631. The molecule has 7 heteroatoms. The van der Waals surface area contributed by atoms with E-state index in [0.29, 0.717) is 26.3 Å². The van der Waals surface area contributed by atoms with Crippen molar-refractivity contribution in [1.82, 2.24) is 15.6 Å². The van der Waals surface area contributed by atoms with Crippen molar-refractivity contribution in [1.29, 1.82) is 0 Å². The van der Waals surface area contributed by atoms with Crippen molar-refractivity contribution in [2.45, 2.75) is 39.3 Å². The molecule has 0 radical (unpaired) electrons. The average Bonchev–Trinajstić information content (AvgIpc) is 3.33. The van der Waals surface area contributed by atoms with E-state index in [1.165, 1.54) is 18.4 Å². The molecule has 0 amide bonds. The van der Waals surface area contributed by atoms with Crippen LogP contribution in [0.2, 0.25) is 0 Å². The lowest BCUT2D eigenvalue weighted by atomic mass is 10.1. The molecule has 3 rings (SSSR count). The zero-order valence-electron chi connectivity index (χ0n) is 19.0. The van der Waals surface area contributed by atoms with Crippen LogP contribution in [0, 0.1) is 6.92 Å². The van der Waals surface area contributed by atoms with Crippen LogP contribution in [-0.4, -0.2) is 51.4 Å². The maximum Gasteiger partial charge on any atom is 0.191 e. The van der Waals surface area contributed by atoms with Gasteiger partial charge < -0.3 is 25.0 Å². The molecule has 0 bridgehead atoms. The molecule has 0 spiro atoms. The van der Waals surface area contributed by atoms with E-state index in [4.69, 9.17) is 9.47 Å². The highest BCUT2D eigenvalue weighted by molar-refractivity contribution is 5.79. The van der Waals surface area contributed by atoms with Crippen LogP contribution in [0.4, 0.5) is 5.82 Å². The number of rotatable bonds is 10. The Kier molecular flexibility index (Phi) is 8.97. The molecule has 1 saturated heterocycles. The van der Waals surface area contributed by atoms with Crippen LogP contribution in [-0.2, 0) is 17.8 Å². The molecule has 0 saturated carbocycles. The van der Waals surface area contributed by atoms with Crippen LogP contribution < -0.4 is 20.3 Å². The van der Waals surface area contributed by atoms with Gasteiger partial charge in [0.05, 0.1) is 6.61 Å². The summed E-state index contributed by atoms with van der Waals surface area (Å²) in [6.07, 6.45) is 5.33. The molecule has 168 valence electrons. The van der Waals surface area contributed by atoms with Crippen molar-refractivity contribution in [3.8, 4) is 5.75 Å². The SMILES string of the molecule is CN=C(NCc1ccc(N2CCCC2)nc1)NCc1ccc(C)cc1OCCCOC. The van der Waals surface area contributed by atoms with Crippen LogP contribution in [0.5, 0.6) is 5.75 Å². The number of nitrogens with zero attached hydrogens (tertiary/aromatic N) is 3. The van der Waals surface area contributed by atoms with Gasteiger partial charge in [-0.25, -0.2) is 4.98 Å². The Balaban J connectivity index is 1.50. The summed E-state index contributed by atoms with van der Waals surface area (Å²) in [6, 6.07) is 10.5. The number of ether oxygens (including phenoxy) is 2. The van der Waals surface area contributed by atoms with Gasteiger partial charge in [0.15, 0.2) is 5.96 Å². The first-order valence-electron chi connectivity index (χ1n) is 11.1. The van der Waals surface area contributed by atoms with Gasteiger partial charge in [-0.05, 0) is 43.0 Å². The molecular weight excluding hydrogens is 390 g/mol. The lowest BCUT2D eigenvalue weighted by molar-refractivity contribution is 0.171. The van der Waals surface area contributed by atoms with E-state index in [2.05, 4.69) is 62.8 Å². The lowest BCUT2D eigenvalue weighted by Gasteiger charge is -2.17. The van der Waals surface area contributed by atoms with Gasteiger partial charge >= 0.3 is 0 Å². The normalized spacial score (nSPS) is 14.0. The molecule has 2 heterocycles. The van der Waals surface area contributed by atoms with E-state index >= 15 is 0 Å². The summed E-state index contributed by atoms with van der Waals surface area (Å²) in [6.45, 7) is 6.92. The van der Waals surface area contributed by atoms with E-state index in [-0.39, 0.29) is 0 Å². The van der Waals surface area contributed by atoms with Crippen molar-refractivity contribution < 1.29 is 9.47 Å². The van der Waals surface area contributed by atoms with Crippen LogP contribution in [0.25, 0.3) is 0 Å². The van der Waals surface area contributed by atoms with Crippen LogP contribution >= 0.6 is 0 Å². The van der Waals surface area contributed by atoms with Crippen LogP contribution in [0.3, 0.4) is 0 Å². The fourth-order valence-corrected chi connectivity index (χ4v) is 3.57. The van der Waals surface area contributed by atoms with Gasteiger partial charge in [0.25, 0.3) is 0 Å². The Labute approximate surface area is 185 Å². The number of benzene rings is 1. The number of guanidine groups is 1. The molecule has 1 aliphatic heterocycles. The largest absolute Gasteiger partial charge is 0.493 e. The quantitative estimate of drug-likeness (QED) is 0.346. The Hall–Kier alpha value is -2.80. The molecule has 7 nitrogen and oxygen atoms in total. The first kappa shape index (κ1) is 22.9. The highest BCUT2D eigenvalue weighted by atomic mass is 16.5. The van der Waals surface area contributed by atoms with E-state index < -0.39 is 0 Å². The highest BCUT2D eigenvalue weighted by Crippen LogP contribution is 2.21. The Morgan fingerprint density at radius 1 is 1.10 bits per heavy atom. The van der Waals surface area contributed by atoms with Crippen molar-refractivity contribution >= 4 is 11.8 Å². The fraction of sp³-hybridized carbons (Fsp3) is 0.500. The molecule has 1 aliphatic rings. The number of methoxy groups -OCH3 is 1. The first-order chi connectivity index (χ1) is 15.2. The van der Waals surface area contributed by atoms with Crippen molar-refractivity contribution in [3.05, 3.63) is 53.2 Å². The van der Waals surface area contributed by atoms with Gasteiger partial charge in [-0.1, -0.05) is 18.2 Å². The number of hydrogen-bond donors (Lipinski definition) is 2. The number of anilines is 1. The maximum atomic E-state index is 5.98. The molecule has 31 heavy (non-hydrogen) atoms. The fourth-order valence-electron chi connectivity index (χ4n) is 3.57. The third-order valence-corrected chi connectivity index (χ3v) is 5.34. The maximum absolute atomic E-state index is 5.98. The molecule has 1 aromatic heterocycles. The van der Waals surface area contributed by atoms with Crippen LogP contribution in [0.1, 0.15) is 36.0 Å². The number of aromatic nitrogens is 1. The van der Waals surface area contributed by atoms with E-state index in [1.54, 1.807) is 14.2 Å². The number of aryl methyl sites for hydroxylation is 1. The zero-order valence-corrected chi connectivity index (χ0v) is 19.0. The van der Waals surface area contributed by atoms with Gasteiger partial charge in [-0.2, -0.15) is 0 Å². The van der Waals surface area contributed by atoms with E-state index in [0.717, 1.165) is 48.2 Å². The third kappa shape index (κ3) is 7.14. The summed E-state index contributed by atoms with van der Waals surface area (Å²) in [5.41, 5.74) is 3.41. The smallest absolute Gasteiger partial charge is 0.191 e. The summed E-state index contributed by atoms with van der Waals surface area (Å²) >= 11 is 0. The minimum absolute atomic E-state index is 0.631. The number of aliphatic imine (C=N–C) groups is 1. The second kappa shape index (κ2) is 12.2. The molecule has 0 aliphatic carbocycles. The zero-order chi connectivity index (χ0) is 21.9. The second-order valence-electron chi connectivity index (χ2n) is 7.80. The summed E-state index contributed by atoms with van der Waals surface area (Å²) in [5, 5.41) is 6.74. The first-order valence-corrected chi connectivity index (χ1v) is 11.1. The predicted octanol–water partition coefficient (Wildman–Crippen LogP) is 3.27. The molecule has 1 fully saturated rings. The second-order valence-corrected chi connectivity index (χ2v) is 7.80. The Morgan fingerprint density at radius 2 is 1.90 bits per heavy atom. The molecule has 0 unspecified atom stereocenters. The molecule has 1 aromatic carbocycles. The van der Waals surface area contributed by atoms with Crippen LogP contribution in [0.15, 0.2) is 41.5 Å². The summed E-state index contributed by atoms with van der Waals surface area (Å²) < 4.78 is 11.1. The number of hydrogen-bond acceptors (Lipinski definition) is 5. The standard InChI is InChI=1S/C24H35N5O2/c1-19-7-9-21(22(15-19)31-14-6-13-30-3)18-28-24(25-2)27-17-20-8-10-23(26-16-20)29-11-4-5-12-29/h7-10,15-16H,4-6,11-14,17-18H2,1-3H3,(H2,25,27,28). The predicted molar refractivity (Wildman–Crippen MR) is 126 cm³/mol. The monoisotopic (exact) mass is 425 g/mol. The molecule has 2 aromatic rings. The summed E-state index contributed by atoms with van der Waals surface area (Å²) in [4.78, 5) is 11.3. The Bertz CT molecular complexity index is 832. The number of pyridine rings is 1. The van der Waals surface area contributed by atoms with Gasteiger partial charge in [0.1, 0.15) is 11.6 Å². The molecule has 0 atom stereocenters. The molecular formula is C24H35N5O2. The number of nitrogens with one attached hydrogen (secondary N) is 2.